The van der Waals surface area contributed by atoms with E-state index in [-0.39, 0.29) is 5.92 Å². The summed E-state index contributed by atoms with van der Waals surface area (Å²) in [6, 6.07) is 11.9. The molecule has 3 nitrogen and oxygen atoms in total. The molecule has 0 spiro atoms. The van der Waals surface area contributed by atoms with Crippen LogP contribution in [0.15, 0.2) is 36.4 Å². The molecule has 118 valence electrons. The van der Waals surface area contributed by atoms with E-state index in [1.165, 1.54) is 5.56 Å². The van der Waals surface area contributed by atoms with E-state index in [0.29, 0.717) is 11.6 Å². The van der Waals surface area contributed by atoms with Crippen LogP contribution in [0.4, 0.5) is 0 Å². The molecule has 2 aromatic carbocycles. The molecule has 2 rings (SSSR count). The number of hydrogen-bond acceptors (Lipinski definition) is 3. The molecule has 1 unspecified atom stereocenters. The van der Waals surface area contributed by atoms with Crippen LogP contribution in [-0.2, 0) is 6.42 Å². The largest absolute Gasteiger partial charge is 0.496 e. The maximum atomic E-state index is 6.11. The fraction of sp³-hybridized carbons (Fsp3) is 0.333. The van der Waals surface area contributed by atoms with Crippen molar-refractivity contribution in [3.05, 3.63) is 58.1 Å². The van der Waals surface area contributed by atoms with Crippen LogP contribution in [0, 0.1) is 6.92 Å². The molecule has 0 aromatic heterocycles. The summed E-state index contributed by atoms with van der Waals surface area (Å²) in [4.78, 5) is 0. The van der Waals surface area contributed by atoms with Gasteiger partial charge in [-0.1, -0.05) is 23.7 Å². The van der Waals surface area contributed by atoms with Crippen LogP contribution in [0.5, 0.6) is 11.5 Å². The van der Waals surface area contributed by atoms with E-state index >= 15 is 0 Å². The first kappa shape index (κ1) is 16.7. The Morgan fingerprint density at radius 1 is 1.05 bits per heavy atom. The van der Waals surface area contributed by atoms with Crippen molar-refractivity contribution in [3.8, 4) is 11.5 Å². The predicted octanol–water partition coefficient (Wildman–Crippen LogP) is 3.95. The van der Waals surface area contributed by atoms with Crippen LogP contribution in [-0.4, -0.2) is 20.8 Å². The minimum Gasteiger partial charge on any atom is -0.496 e. The van der Waals surface area contributed by atoms with Gasteiger partial charge in [-0.05, 0) is 60.8 Å². The Hall–Kier alpha value is -1.71. The third-order valence-corrected chi connectivity index (χ3v) is 4.12. The molecule has 0 aliphatic rings. The van der Waals surface area contributed by atoms with Gasteiger partial charge in [-0.3, -0.25) is 0 Å². The Kier molecular flexibility index (Phi) is 5.69. The molecule has 0 fully saturated rings. The highest BCUT2D eigenvalue weighted by atomic mass is 35.5. The number of hydrogen-bond donors (Lipinski definition) is 1. The molecule has 0 saturated heterocycles. The van der Waals surface area contributed by atoms with E-state index in [9.17, 15) is 0 Å². The van der Waals surface area contributed by atoms with E-state index < -0.39 is 0 Å². The molecular weight excluding hydrogens is 298 g/mol. The number of methoxy groups -OCH3 is 2. The van der Waals surface area contributed by atoms with Gasteiger partial charge in [0.25, 0.3) is 0 Å². The summed E-state index contributed by atoms with van der Waals surface area (Å²) < 4.78 is 10.7. The van der Waals surface area contributed by atoms with E-state index in [0.717, 1.165) is 29.0 Å². The lowest BCUT2D eigenvalue weighted by Crippen LogP contribution is -2.15. The SMILES string of the molecule is COc1ccc(C(CN)Cc2cc(Cl)ccc2OC)cc1C. The van der Waals surface area contributed by atoms with Gasteiger partial charge in [-0.25, -0.2) is 0 Å². The number of nitrogens with two attached hydrogens (primary N) is 1. The molecule has 0 aliphatic carbocycles. The topological polar surface area (TPSA) is 44.5 Å². The molecule has 0 saturated carbocycles. The number of benzene rings is 2. The molecule has 0 aliphatic heterocycles. The Morgan fingerprint density at radius 3 is 2.32 bits per heavy atom. The Bertz CT molecular complexity index is 643. The van der Waals surface area contributed by atoms with Gasteiger partial charge >= 0.3 is 0 Å². The van der Waals surface area contributed by atoms with Crippen molar-refractivity contribution >= 4 is 11.6 Å². The van der Waals surface area contributed by atoms with E-state index in [4.69, 9.17) is 26.8 Å². The highest BCUT2D eigenvalue weighted by Gasteiger charge is 2.15. The first-order chi connectivity index (χ1) is 10.6. The Balaban J connectivity index is 2.29. The van der Waals surface area contributed by atoms with Crippen molar-refractivity contribution in [2.45, 2.75) is 19.3 Å². The highest BCUT2D eigenvalue weighted by Crippen LogP contribution is 2.30. The first-order valence-electron chi connectivity index (χ1n) is 7.26. The summed E-state index contributed by atoms with van der Waals surface area (Å²) >= 11 is 6.11. The van der Waals surface area contributed by atoms with Crippen molar-refractivity contribution < 1.29 is 9.47 Å². The molecule has 0 amide bonds. The highest BCUT2D eigenvalue weighted by molar-refractivity contribution is 6.30. The Labute approximate surface area is 137 Å². The third kappa shape index (κ3) is 3.73. The maximum absolute atomic E-state index is 6.11. The number of ether oxygens (including phenoxy) is 2. The second-order valence-corrected chi connectivity index (χ2v) is 5.76. The first-order valence-corrected chi connectivity index (χ1v) is 7.63. The molecule has 0 heterocycles. The quantitative estimate of drug-likeness (QED) is 0.876. The second-order valence-electron chi connectivity index (χ2n) is 5.32. The van der Waals surface area contributed by atoms with E-state index in [1.807, 2.05) is 31.2 Å². The van der Waals surface area contributed by atoms with Gasteiger partial charge in [0.1, 0.15) is 11.5 Å². The summed E-state index contributed by atoms with van der Waals surface area (Å²) in [5, 5.41) is 0.706. The zero-order chi connectivity index (χ0) is 16.1. The standard InChI is InChI=1S/C18H22ClNO2/c1-12-8-13(4-6-17(12)21-2)15(11-20)9-14-10-16(19)5-7-18(14)22-3/h4-8,10,15H,9,11,20H2,1-3H3. The molecule has 22 heavy (non-hydrogen) atoms. The van der Waals surface area contributed by atoms with Crippen LogP contribution in [0.25, 0.3) is 0 Å². The van der Waals surface area contributed by atoms with Crippen molar-refractivity contribution in [2.75, 3.05) is 20.8 Å². The smallest absolute Gasteiger partial charge is 0.122 e. The molecule has 0 bridgehead atoms. The van der Waals surface area contributed by atoms with Crippen LogP contribution in [0.2, 0.25) is 5.02 Å². The Morgan fingerprint density at radius 2 is 1.73 bits per heavy atom. The van der Waals surface area contributed by atoms with Crippen molar-refractivity contribution in [3.63, 3.8) is 0 Å². The minimum absolute atomic E-state index is 0.206. The summed E-state index contributed by atoms with van der Waals surface area (Å²) in [6.07, 6.45) is 0.784. The number of halogens is 1. The van der Waals surface area contributed by atoms with Gasteiger partial charge in [0, 0.05) is 10.9 Å². The maximum Gasteiger partial charge on any atom is 0.122 e. The van der Waals surface area contributed by atoms with Crippen molar-refractivity contribution in [1.82, 2.24) is 0 Å². The van der Waals surface area contributed by atoms with Gasteiger partial charge in [-0.2, -0.15) is 0 Å². The van der Waals surface area contributed by atoms with Crippen molar-refractivity contribution in [2.24, 2.45) is 5.73 Å². The molecule has 4 heteroatoms. The van der Waals surface area contributed by atoms with Gasteiger partial charge in [0.15, 0.2) is 0 Å². The summed E-state index contributed by atoms with van der Waals surface area (Å²) in [6.45, 7) is 2.59. The normalized spacial score (nSPS) is 12.0. The van der Waals surface area contributed by atoms with Gasteiger partial charge in [0.2, 0.25) is 0 Å². The fourth-order valence-electron chi connectivity index (χ4n) is 2.66. The second kappa shape index (κ2) is 7.52. The van der Waals surface area contributed by atoms with Gasteiger partial charge in [-0.15, -0.1) is 0 Å². The molecular formula is C18H22ClNO2. The van der Waals surface area contributed by atoms with Gasteiger partial charge in [0.05, 0.1) is 14.2 Å². The van der Waals surface area contributed by atoms with Gasteiger partial charge < -0.3 is 15.2 Å². The monoisotopic (exact) mass is 319 g/mol. The number of rotatable bonds is 6. The minimum atomic E-state index is 0.206. The van der Waals surface area contributed by atoms with Crippen LogP contribution < -0.4 is 15.2 Å². The molecule has 2 N–H and O–H groups in total. The average Bonchev–Trinajstić information content (AvgIpc) is 2.52. The third-order valence-electron chi connectivity index (χ3n) is 3.88. The van der Waals surface area contributed by atoms with Crippen LogP contribution in [0.1, 0.15) is 22.6 Å². The lowest BCUT2D eigenvalue weighted by molar-refractivity contribution is 0.407. The molecule has 2 aromatic rings. The van der Waals surface area contributed by atoms with E-state index in [2.05, 4.69) is 12.1 Å². The van der Waals surface area contributed by atoms with Crippen molar-refractivity contribution in [1.29, 1.82) is 0 Å². The summed E-state index contributed by atoms with van der Waals surface area (Å²) in [7, 11) is 3.35. The van der Waals surface area contributed by atoms with Crippen LogP contribution in [0.3, 0.4) is 0 Å². The van der Waals surface area contributed by atoms with Crippen LogP contribution >= 0.6 is 11.6 Å². The molecule has 1 atom stereocenters. The lowest BCUT2D eigenvalue weighted by Gasteiger charge is -2.19. The summed E-state index contributed by atoms with van der Waals surface area (Å²) in [5.74, 6) is 1.94. The van der Waals surface area contributed by atoms with E-state index in [1.54, 1.807) is 14.2 Å². The summed E-state index contributed by atoms with van der Waals surface area (Å²) in [5.41, 5.74) is 9.37. The molecule has 0 radical (unpaired) electrons. The number of aryl methyl sites for hydroxylation is 1. The fourth-order valence-corrected chi connectivity index (χ4v) is 2.86. The predicted molar refractivity (Wildman–Crippen MR) is 91.2 cm³/mol. The average molecular weight is 320 g/mol. The lowest BCUT2D eigenvalue weighted by atomic mass is 9.90. The zero-order valence-corrected chi connectivity index (χ0v) is 14.0. The zero-order valence-electron chi connectivity index (χ0n) is 13.2.